The highest BCUT2D eigenvalue weighted by Gasteiger charge is 2.50. The summed E-state index contributed by atoms with van der Waals surface area (Å²) in [6.45, 7) is 8.17. The van der Waals surface area contributed by atoms with Crippen LogP contribution in [0.15, 0.2) is 94.7 Å². The third kappa shape index (κ3) is 9.52. The molecular weight excluding hydrogens is 793 g/mol. The molecule has 2 aliphatic rings. The number of nitrogens with two attached hydrogens (primary N) is 2. The standard InChI is InChI=1S/2C24H34N2O3S/c2*1-5-7-13-24(6-2)16-30(28,29)21-12-11-19(26(3)4)15-20(21)22(23(24)27)17-9-8-10-18(25)14-17/h2*8-12,14-15,22-23,27H,5-7,13,16,25H2,1-4H3/t2*22-,23-,24-/m10/s1. The molecule has 0 fully saturated rings. The predicted molar refractivity (Wildman–Crippen MR) is 248 cm³/mol. The first-order valence-electron chi connectivity index (χ1n) is 21.4. The lowest BCUT2D eigenvalue weighted by Gasteiger charge is -2.39. The summed E-state index contributed by atoms with van der Waals surface area (Å²) < 4.78 is 54.2. The topological polar surface area (TPSA) is 167 Å². The molecule has 4 aromatic rings. The lowest BCUT2D eigenvalue weighted by atomic mass is 9.69. The molecule has 0 aromatic heterocycles. The largest absolute Gasteiger partial charge is 0.399 e. The molecule has 0 radical (unpaired) electrons. The molecule has 0 amide bonds. The van der Waals surface area contributed by atoms with E-state index < -0.39 is 54.5 Å². The Kier molecular flexibility index (Phi) is 14.8. The number of benzene rings is 4. The van der Waals surface area contributed by atoms with E-state index >= 15 is 0 Å². The molecule has 6 rings (SSSR count). The van der Waals surface area contributed by atoms with Gasteiger partial charge >= 0.3 is 0 Å². The van der Waals surface area contributed by atoms with E-state index in [0.29, 0.717) is 58.0 Å². The minimum absolute atomic E-state index is 0.0369. The number of nitrogen functional groups attached to an aromatic ring is 2. The van der Waals surface area contributed by atoms with Gasteiger partial charge in [0.05, 0.1) is 33.5 Å². The highest BCUT2D eigenvalue weighted by Crippen LogP contribution is 2.51. The Bertz CT molecular complexity index is 2170. The summed E-state index contributed by atoms with van der Waals surface area (Å²) in [7, 11) is 0.579. The highest BCUT2D eigenvalue weighted by molar-refractivity contribution is 7.91. The number of anilines is 4. The van der Waals surface area contributed by atoms with Gasteiger partial charge in [0.25, 0.3) is 0 Å². The van der Waals surface area contributed by atoms with Crippen LogP contribution in [-0.2, 0) is 19.7 Å². The molecule has 60 heavy (non-hydrogen) atoms. The number of aliphatic hydroxyl groups excluding tert-OH is 2. The first kappa shape index (κ1) is 47.0. The number of sulfone groups is 2. The summed E-state index contributed by atoms with van der Waals surface area (Å²) in [5.41, 5.74) is 16.8. The van der Waals surface area contributed by atoms with Gasteiger partial charge in [0.1, 0.15) is 0 Å². The van der Waals surface area contributed by atoms with Gasteiger partial charge in [-0.25, -0.2) is 16.8 Å². The van der Waals surface area contributed by atoms with E-state index in [1.807, 2.05) is 125 Å². The molecule has 6 atom stereocenters. The third-order valence-corrected chi connectivity index (χ3v) is 17.2. The number of nitrogens with zero attached hydrogens (tertiary/aromatic N) is 2. The molecule has 6 N–H and O–H groups in total. The summed E-state index contributed by atoms with van der Waals surface area (Å²) in [5.74, 6) is -0.995. The molecule has 328 valence electrons. The number of rotatable bonds is 12. The molecule has 0 bridgehead atoms. The van der Waals surface area contributed by atoms with Crippen molar-refractivity contribution in [1.29, 1.82) is 0 Å². The molecule has 0 unspecified atom stereocenters. The monoisotopic (exact) mass is 860 g/mol. The fraction of sp³-hybridized carbons (Fsp3) is 0.500. The van der Waals surface area contributed by atoms with E-state index in [9.17, 15) is 27.0 Å². The zero-order chi connectivity index (χ0) is 44.2. The average Bonchev–Trinajstić information content (AvgIpc) is 3.33. The molecule has 10 nitrogen and oxygen atoms in total. The van der Waals surface area contributed by atoms with Crippen LogP contribution in [-0.4, -0.2) is 79.0 Å². The molecule has 0 spiro atoms. The van der Waals surface area contributed by atoms with Gasteiger partial charge in [-0.1, -0.05) is 77.6 Å². The van der Waals surface area contributed by atoms with Gasteiger partial charge in [-0.05, 0) is 109 Å². The van der Waals surface area contributed by atoms with Crippen molar-refractivity contribution in [2.24, 2.45) is 10.8 Å². The number of hydrogen-bond acceptors (Lipinski definition) is 10. The van der Waals surface area contributed by atoms with Gasteiger partial charge < -0.3 is 31.5 Å². The van der Waals surface area contributed by atoms with Crippen molar-refractivity contribution in [2.45, 2.75) is 113 Å². The van der Waals surface area contributed by atoms with Gasteiger partial charge in [-0.2, -0.15) is 0 Å². The Balaban J connectivity index is 0.000000228. The molecule has 0 saturated carbocycles. The van der Waals surface area contributed by atoms with Crippen molar-refractivity contribution in [2.75, 3.05) is 61.0 Å². The molecule has 4 aromatic carbocycles. The summed E-state index contributed by atoms with van der Waals surface area (Å²) in [6, 6.07) is 25.9. The fourth-order valence-electron chi connectivity index (χ4n) is 9.51. The molecule has 0 aliphatic carbocycles. The Labute approximate surface area is 359 Å². The van der Waals surface area contributed by atoms with Gasteiger partial charge in [-0.15, -0.1) is 0 Å². The van der Waals surface area contributed by atoms with E-state index in [1.165, 1.54) is 0 Å². The Morgan fingerprint density at radius 1 is 0.583 bits per heavy atom. The zero-order valence-electron chi connectivity index (χ0n) is 36.9. The van der Waals surface area contributed by atoms with Crippen LogP contribution in [0.5, 0.6) is 0 Å². The lowest BCUT2D eigenvalue weighted by Crippen LogP contribution is -2.42. The Morgan fingerprint density at radius 3 is 1.25 bits per heavy atom. The summed E-state index contributed by atoms with van der Waals surface area (Å²) in [6.07, 6.45) is 4.55. The first-order valence-corrected chi connectivity index (χ1v) is 24.8. The first-order chi connectivity index (χ1) is 28.3. The zero-order valence-corrected chi connectivity index (χ0v) is 38.5. The lowest BCUT2D eigenvalue weighted by molar-refractivity contribution is 0.0174. The minimum Gasteiger partial charge on any atom is -0.399 e. The maximum Gasteiger partial charge on any atom is 0.179 e. The highest BCUT2D eigenvalue weighted by atomic mass is 32.2. The number of hydrogen-bond donors (Lipinski definition) is 4. The molecule has 2 aliphatic heterocycles. The van der Waals surface area contributed by atoms with Crippen molar-refractivity contribution in [3.63, 3.8) is 0 Å². The molecule has 0 saturated heterocycles. The third-order valence-electron chi connectivity index (χ3n) is 13.2. The van der Waals surface area contributed by atoms with E-state index in [4.69, 9.17) is 11.5 Å². The van der Waals surface area contributed by atoms with Crippen molar-refractivity contribution in [1.82, 2.24) is 0 Å². The van der Waals surface area contributed by atoms with E-state index in [-0.39, 0.29) is 11.5 Å². The van der Waals surface area contributed by atoms with Crippen LogP contribution in [0, 0.1) is 10.8 Å². The fourth-order valence-corrected chi connectivity index (χ4v) is 14.0. The second-order valence-electron chi connectivity index (χ2n) is 17.6. The molecule has 2 heterocycles. The maximum atomic E-state index is 13.6. The summed E-state index contributed by atoms with van der Waals surface area (Å²) in [5, 5.41) is 23.6. The van der Waals surface area contributed by atoms with Crippen molar-refractivity contribution < 1.29 is 27.0 Å². The average molecular weight is 861 g/mol. The predicted octanol–water partition coefficient (Wildman–Crippen LogP) is 8.40. The Hall–Kier alpha value is -4.10. The smallest absolute Gasteiger partial charge is 0.179 e. The van der Waals surface area contributed by atoms with Gasteiger partial charge in [0, 0.05) is 73.6 Å². The Morgan fingerprint density at radius 2 is 0.950 bits per heavy atom. The van der Waals surface area contributed by atoms with Crippen molar-refractivity contribution in [3.8, 4) is 0 Å². The minimum atomic E-state index is -3.56. The maximum absolute atomic E-state index is 13.6. The van der Waals surface area contributed by atoms with Crippen LogP contribution in [0.2, 0.25) is 0 Å². The summed E-state index contributed by atoms with van der Waals surface area (Å²) >= 11 is 0. The molecular formula is C48H68N4O6S2. The number of unbranched alkanes of at least 4 members (excludes halogenated alkanes) is 2. The van der Waals surface area contributed by atoms with E-state index in [1.54, 1.807) is 12.1 Å². The van der Waals surface area contributed by atoms with Gasteiger partial charge in [0.2, 0.25) is 0 Å². The van der Waals surface area contributed by atoms with Crippen molar-refractivity contribution >= 4 is 42.4 Å². The van der Waals surface area contributed by atoms with E-state index in [2.05, 4.69) is 13.8 Å². The second-order valence-corrected chi connectivity index (χ2v) is 21.5. The van der Waals surface area contributed by atoms with Crippen LogP contribution >= 0.6 is 0 Å². The van der Waals surface area contributed by atoms with Crippen molar-refractivity contribution in [3.05, 3.63) is 107 Å². The summed E-state index contributed by atoms with van der Waals surface area (Å²) in [4.78, 5) is 4.55. The second kappa shape index (κ2) is 18.9. The van der Waals surface area contributed by atoms with E-state index in [0.717, 1.165) is 48.2 Å². The molecule has 12 heteroatoms. The van der Waals surface area contributed by atoms with Crippen LogP contribution in [0.25, 0.3) is 0 Å². The van der Waals surface area contributed by atoms with Crippen LogP contribution < -0.4 is 21.3 Å². The van der Waals surface area contributed by atoms with Gasteiger partial charge in [-0.3, -0.25) is 0 Å². The SMILES string of the molecule is CCCC[C@@]1(CC)CS(=O)(=O)c2ccc(N(C)C)cc2[C@H](c2cccc(N)c2)[C@@H]1O.CCCC[C@]1(CC)CS(=O)(=O)c2ccc(N(C)C)cc2[C@@H](c2cccc(N)c2)[C@H]1O. The van der Waals surface area contributed by atoms with Crippen LogP contribution in [0.1, 0.15) is 113 Å². The number of fused-ring (bicyclic) bond motifs is 2. The normalized spacial score (nSPS) is 25.4. The van der Waals surface area contributed by atoms with Crippen LogP contribution in [0.3, 0.4) is 0 Å². The van der Waals surface area contributed by atoms with Gasteiger partial charge in [0.15, 0.2) is 19.7 Å². The quantitative estimate of drug-likeness (QED) is 0.102. The van der Waals surface area contributed by atoms with Crippen LogP contribution in [0.4, 0.5) is 22.7 Å². The number of aliphatic hydroxyl groups is 2.